The van der Waals surface area contributed by atoms with E-state index < -0.39 is 49.0 Å². The fourth-order valence-corrected chi connectivity index (χ4v) is 19.5. The van der Waals surface area contributed by atoms with Crippen molar-refractivity contribution in [2.24, 2.45) is 0 Å². The molecule has 0 saturated heterocycles. The van der Waals surface area contributed by atoms with Gasteiger partial charge in [0.1, 0.15) is 0 Å². The van der Waals surface area contributed by atoms with Crippen LogP contribution in [-0.2, 0) is 21.7 Å². The molecule has 0 amide bonds. The zero-order valence-electron chi connectivity index (χ0n) is 81.4. The third-order valence-electron chi connectivity index (χ3n) is 25.9. The van der Waals surface area contributed by atoms with E-state index in [-0.39, 0.29) is 50.3 Å². The molecule has 0 unspecified atom stereocenters. The molecule has 604 valence electrons. The maximum Gasteiger partial charge on any atom is 0.252 e. The second-order valence-electron chi connectivity index (χ2n) is 38.0. The number of para-hydroxylation sites is 3. The van der Waals surface area contributed by atoms with Gasteiger partial charge in [0.25, 0.3) is 6.71 Å². The van der Waals surface area contributed by atoms with E-state index in [1.807, 2.05) is 53.1 Å². The third kappa shape index (κ3) is 13.1. The Morgan fingerprint density at radius 1 is 0.232 bits per heavy atom. The molecule has 3 aromatic heterocycles. The molecular formula is C118H99BN6. The van der Waals surface area contributed by atoms with Gasteiger partial charge in [0, 0.05) is 94.9 Å². The Balaban J connectivity index is 0.904. The van der Waals surface area contributed by atoms with E-state index in [0.717, 1.165) is 139 Å². The molecular weight excluding hydrogens is 1510 g/mol. The van der Waals surface area contributed by atoms with Crippen LogP contribution < -0.4 is 31.1 Å². The van der Waals surface area contributed by atoms with Crippen LogP contribution in [0.25, 0.3) is 127 Å². The Morgan fingerprint density at radius 3 is 0.944 bits per heavy atom. The van der Waals surface area contributed by atoms with E-state index in [9.17, 15) is 8.22 Å². The predicted molar refractivity (Wildman–Crippen MR) is 535 cm³/mol. The van der Waals surface area contributed by atoms with E-state index in [2.05, 4.69) is 381 Å². The van der Waals surface area contributed by atoms with Gasteiger partial charge in [-0.1, -0.05) is 295 Å². The van der Waals surface area contributed by atoms with Crippen molar-refractivity contribution in [1.29, 1.82) is 0 Å². The predicted octanol–water partition coefficient (Wildman–Crippen LogP) is 30.4. The van der Waals surface area contributed by atoms with Crippen molar-refractivity contribution in [3.05, 3.63) is 404 Å². The Kier molecular flexibility index (Phi) is 15.7. The molecule has 17 aromatic carbocycles. The summed E-state index contributed by atoms with van der Waals surface area (Å²) in [4.78, 5) is 6.70. The minimum atomic E-state index is -0.529. The molecule has 7 heteroatoms. The Hall–Kier alpha value is -14.4. The van der Waals surface area contributed by atoms with Crippen molar-refractivity contribution in [2.45, 2.75) is 105 Å². The molecule has 6 nitrogen and oxygen atoms in total. The summed E-state index contributed by atoms with van der Waals surface area (Å²) >= 11 is 0. The molecule has 2 aliphatic rings. The lowest BCUT2D eigenvalue weighted by Crippen LogP contribution is -2.61. The summed E-state index contributed by atoms with van der Waals surface area (Å²) in [5.74, 6) is 0. The molecule has 20 aromatic rings. The summed E-state index contributed by atoms with van der Waals surface area (Å²) in [7, 11) is 0. The van der Waals surface area contributed by atoms with Gasteiger partial charge in [-0.2, -0.15) is 0 Å². The number of rotatable bonds is 12. The van der Waals surface area contributed by atoms with Crippen molar-refractivity contribution >= 4 is 140 Å². The Morgan fingerprint density at radius 2 is 0.560 bits per heavy atom. The van der Waals surface area contributed by atoms with Crippen molar-refractivity contribution in [3.63, 3.8) is 0 Å². The third-order valence-corrected chi connectivity index (χ3v) is 25.9. The first-order chi connectivity index (χ1) is 64.2. The minimum Gasteiger partial charge on any atom is -0.311 e. The molecule has 2 aliphatic heterocycles. The second kappa shape index (κ2) is 29.1. The van der Waals surface area contributed by atoms with E-state index in [0.29, 0.717) is 28.0 Å². The molecule has 125 heavy (non-hydrogen) atoms. The number of fused-ring (bicyclic) bond motifs is 13. The van der Waals surface area contributed by atoms with Crippen LogP contribution in [0.5, 0.6) is 0 Å². The topological polar surface area (TPSA) is 24.5 Å². The largest absolute Gasteiger partial charge is 0.311 e. The van der Waals surface area contributed by atoms with Gasteiger partial charge in [-0.25, -0.2) is 0 Å². The zero-order chi connectivity index (χ0) is 92.9. The molecule has 0 aliphatic carbocycles. The minimum absolute atomic E-state index is 0.0831. The van der Waals surface area contributed by atoms with E-state index in [4.69, 9.17) is 4.11 Å². The SMILES string of the molecule is [2H]c1c([2H])c([2H])c(N(c2ccccc2)c2ccc3c(c2)c2c([2H])c([2H])c([2H])c([2H])c2n3-c2ccc3c(c2)N(c2cc(-c4ccccc4)cc(-c4ccccc4)c2)c2cc(-n4c5ccc(C(C)(C)C)cc5c5cc(C(C)(C)C)ccc54)cc4c2B3c2ccc(-n3c5ccc(C(C)(C)C)cc5c5cc(C(C)(C)C)ccc53)cc2N4c2cc(-c3ccccc3)cc(-c3ccccc3)c2)c([2H])c1[2H]. The van der Waals surface area contributed by atoms with Crippen LogP contribution in [0.3, 0.4) is 0 Å². The lowest BCUT2D eigenvalue weighted by Gasteiger charge is -2.45. The zero-order valence-corrected chi connectivity index (χ0v) is 72.4. The molecule has 5 heterocycles. The molecule has 0 spiro atoms. The number of nitrogens with zero attached hydrogens (tertiary/aromatic N) is 6. The summed E-state index contributed by atoms with van der Waals surface area (Å²) in [5, 5.41) is 5.32. The van der Waals surface area contributed by atoms with Crippen LogP contribution in [0.4, 0.5) is 51.2 Å². The normalized spacial score (nSPS) is 13.9. The highest BCUT2D eigenvalue weighted by atomic mass is 15.2. The summed E-state index contributed by atoms with van der Waals surface area (Å²) in [5.41, 5.74) is 29.4. The summed E-state index contributed by atoms with van der Waals surface area (Å²) in [6.45, 7) is 27.0. The molecule has 0 atom stereocenters. The Bertz CT molecular complexity index is 8000. The van der Waals surface area contributed by atoms with Crippen LogP contribution in [0.15, 0.2) is 382 Å². The molecule has 0 N–H and O–H groups in total. The van der Waals surface area contributed by atoms with Gasteiger partial charge in [0.05, 0.1) is 51.1 Å². The van der Waals surface area contributed by atoms with E-state index in [1.54, 1.807) is 4.90 Å². The highest BCUT2D eigenvalue weighted by molar-refractivity contribution is 7.00. The average Bonchev–Trinajstić information content (AvgIpc) is 1.07. The molecule has 0 saturated carbocycles. The van der Waals surface area contributed by atoms with Crippen molar-refractivity contribution in [2.75, 3.05) is 14.7 Å². The average molecular weight is 1620 g/mol. The molecule has 0 bridgehead atoms. The van der Waals surface area contributed by atoms with Crippen LogP contribution in [0, 0.1) is 0 Å². The smallest absolute Gasteiger partial charge is 0.252 e. The van der Waals surface area contributed by atoms with Gasteiger partial charge in [-0.15, -0.1) is 0 Å². The first-order valence-electron chi connectivity index (χ1n) is 48.0. The van der Waals surface area contributed by atoms with Crippen molar-refractivity contribution in [3.8, 4) is 61.6 Å². The first kappa shape index (κ1) is 67.2. The second-order valence-corrected chi connectivity index (χ2v) is 38.0. The van der Waals surface area contributed by atoms with E-state index in [1.165, 1.54) is 33.0 Å². The molecule has 0 fully saturated rings. The van der Waals surface area contributed by atoms with Crippen LogP contribution >= 0.6 is 0 Å². The number of aromatic nitrogens is 3. The van der Waals surface area contributed by atoms with Crippen LogP contribution in [0.2, 0.25) is 0 Å². The van der Waals surface area contributed by atoms with Gasteiger partial charge < -0.3 is 28.4 Å². The van der Waals surface area contributed by atoms with Gasteiger partial charge in [0.2, 0.25) is 0 Å². The molecule has 22 rings (SSSR count). The maximum atomic E-state index is 10.3. The van der Waals surface area contributed by atoms with Crippen molar-refractivity contribution in [1.82, 2.24) is 13.7 Å². The van der Waals surface area contributed by atoms with Crippen molar-refractivity contribution < 1.29 is 12.3 Å². The van der Waals surface area contributed by atoms with Gasteiger partial charge in [-0.05, 0) is 275 Å². The highest BCUT2D eigenvalue weighted by Gasteiger charge is 2.45. The molecule has 0 radical (unpaired) electrons. The van der Waals surface area contributed by atoms with Gasteiger partial charge >= 0.3 is 0 Å². The fourth-order valence-electron chi connectivity index (χ4n) is 19.5. The summed E-state index contributed by atoms with van der Waals surface area (Å²) < 4.78 is 92.2. The number of hydrogen-bond acceptors (Lipinski definition) is 3. The fraction of sp³-hybridized carbons (Fsp3) is 0.136. The van der Waals surface area contributed by atoms with Crippen LogP contribution in [-0.4, -0.2) is 20.4 Å². The quantitative estimate of drug-likeness (QED) is 0.114. The summed E-state index contributed by atoms with van der Waals surface area (Å²) in [6.07, 6.45) is 0. The lowest BCUT2D eigenvalue weighted by molar-refractivity contribution is 0.590. The first-order valence-corrected chi connectivity index (χ1v) is 43.5. The van der Waals surface area contributed by atoms with Gasteiger partial charge in [-0.3, -0.25) is 0 Å². The van der Waals surface area contributed by atoms with Gasteiger partial charge in [0.15, 0.2) is 0 Å². The Labute approximate surface area is 746 Å². The summed E-state index contributed by atoms with van der Waals surface area (Å²) in [6, 6.07) is 115. The highest BCUT2D eigenvalue weighted by Crippen LogP contribution is 2.52. The number of hydrogen-bond donors (Lipinski definition) is 0. The number of anilines is 9. The lowest BCUT2D eigenvalue weighted by atomic mass is 9.33. The maximum absolute atomic E-state index is 10.3. The number of benzene rings is 17. The standard InChI is InChI=1S/C118H99BN6/c1-115(2,3)84-47-56-105-97(67-84)98-68-85(116(4,5)6)48-57-106(98)122(105)92-52-55-103-111(73-92)125(94-65-82(78-37-23-15-24-38-78)62-83(66-94)79-39-25-16-26-40-79)113-75-95(123-107-58-49-86(117(7,8)9)69-99(107)100-70-87(118(10,11)12)50-59-108(100)123)74-112-114(113)119(103)102-54-51-91(72-110(102)124(112)93-63-80(76-33-19-13-20-34-76)61-81(64-93)77-35-21-14-22-36-77)121-104-46-32-31-45-96(104)101-71-90(53-60-109(101)121)120(88-41-27-17-28-42-88)89-43-29-18-30-44-89/h13-75H,1-12H3/i17D,27D,28D,31D,32D,41D,42D,45D,46D. The van der Waals surface area contributed by atoms with Crippen LogP contribution in [0.1, 0.15) is 118 Å². The van der Waals surface area contributed by atoms with E-state index >= 15 is 0 Å². The monoisotopic (exact) mass is 1620 g/mol.